The third-order valence-corrected chi connectivity index (χ3v) is 5.43. The Morgan fingerprint density at radius 1 is 1.19 bits per heavy atom. The molecule has 2 nitrogen and oxygen atoms in total. The molecule has 0 aliphatic carbocycles. The second-order valence-electron chi connectivity index (χ2n) is 5.32. The first-order chi connectivity index (χ1) is 10.2. The summed E-state index contributed by atoms with van der Waals surface area (Å²) < 4.78 is 1.29. The number of halogens is 1. The Kier molecular flexibility index (Phi) is 4.66. The van der Waals surface area contributed by atoms with Gasteiger partial charge in [-0.15, -0.1) is 11.3 Å². The minimum Gasteiger partial charge on any atom is -0.354 e. The van der Waals surface area contributed by atoms with Gasteiger partial charge in [0.05, 0.1) is 10.6 Å². The third kappa shape index (κ3) is 3.17. The first-order valence-electron chi connectivity index (χ1n) is 7.26. The van der Waals surface area contributed by atoms with E-state index in [0.29, 0.717) is 0 Å². The van der Waals surface area contributed by atoms with Crippen LogP contribution in [-0.4, -0.2) is 11.5 Å². The van der Waals surface area contributed by atoms with Crippen LogP contribution in [0.25, 0.3) is 21.5 Å². The molecule has 0 spiro atoms. The summed E-state index contributed by atoms with van der Waals surface area (Å²) in [5.41, 5.74) is 9.62. The van der Waals surface area contributed by atoms with Crippen molar-refractivity contribution in [3.05, 3.63) is 44.3 Å². The Morgan fingerprint density at radius 2 is 2.05 bits per heavy atom. The van der Waals surface area contributed by atoms with Gasteiger partial charge in [-0.3, -0.25) is 0 Å². The smallest absolute Gasteiger partial charge is 0.0598 e. The molecule has 0 unspecified atom stereocenters. The first-order valence-corrected chi connectivity index (χ1v) is 9.15. The normalized spacial score (nSPS) is 11.4. The van der Waals surface area contributed by atoms with E-state index in [1.165, 1.54) is 35.5 Å². The molecule has 3 aromatic rings. The predicted octanol–water partition coefficient (Wildman–Crippen LogP) is 5.09. The SMILES string of the molecule is Cc1ccc(-c2[nH]c3ccc(I)cc3c2CCCCN)s1. The molecular weight excluding hydrogens is 391 g/mol. The van der Waals surface area contributed by atoms with Gasteiger partial charge in [0.15, 0.2) is 0 Å². The molecule has 0 fully saturated rings. The standard InChI is InChI=1S/C17H19IN2S/c1-11-5-8-16(21-11)17-13(4-2-3-9-19)14-10-12(18)6-7-15(14)20-17/h5-8,10,20H,2-4,9,19H2,1H3. The van der Waals surface area contributed by atoms with E-state index >= 15 is 0 Å². The number of hydrogen-bond acceptors (Lipinski definition) is 2. The van der Waals surface area contributed by atoms with Gasteiger partial charge in [0, 0.05) is 19.4 Å². The Balaban J connectivity index is 2.10. The van der Waals surface area contributed by atoms with E-state index in [1.807, 2.05) is 11.3 Å². The second-order valence-corrected chi connectivity index (χ2v) is 7.86. The number of unbranched alkanes of at least 4 members (excludes halogenated alkanes) is 1. The van der Waals surface area contributed by atoms with Crippen molar-refractivity contribution < 1.29 is 0 Å². The number of thiophene rings is 1. The molecule has 0 bridgehead atoms. The molecule has 2 aromatic heterocycles. The van der Waals surface area contributed by atoms with Crippen molar-refractivity contribution >= 4 is 44.8 Å². The van der Waals surface area contributed by atoms with Crippen LogP contribution in [-0.2, 0) is 6.42 Å². The van der Waals surface area contributed by atoms with Crippen LogP contribution in [0.4, 0.5) is 0 Å². The Labute approximate surface area is 142 Å². The first kappa shape index (κ1) is 15.1. The van der Waals surface area contributed by atoms with E-state index in [2.05, 4.69) is 64.8 Å². The van der Waals surface area contributed by atoms with Gasteiger partial charge in [-0.25, -0.2) is 0 Å². The van der Waals surface area contributed by atoms with Crippen molar-refractivity contribution in [2.45, 2.75) is 26.2 Å². The Bertz CT molecular complexity index is 757. The number of nitrogens with two attached hydrogens (primary N) is 1. The lowest BCUT2D eigenvalue weighted by molar-refractivity contribution is 0.748. The fraction of sp³-hybridized carbons (Fsp3) is 0.294. The largest absolute Gasteiger partial charge is 0.354 e. The quantitative estimate of drug-likeness (QED) is 0.447. The number of nitrogens with one attached hydrogen (secondary N) is 1. The fourth-order valence-corrected chi connectivity index (χ4v) is 4.09. The summed E-state index contributed by atoms with van der Waals surface area (Å²) in [4.78, 5) is 6.31. The number of aryl methyl sites for hydroxylation is 2. The van der Waals surface area contributed by atoms with Crippen LogP contribution in [0.1, 0.15) is 23.3 Å². The third-order valence-electron chi connectivity index (χ3n) is 3.74. The summed E-state index contributed by atoms with van der Waals surface area (Å²) >= 11 is 4.24. The van der Waals surface area contributed by atoms with Gasteiger partial charge in [-0.2, -0.15) is 0 Å². The molecule has 4 heteroatoms. The minimum absolute atomic E-state index is 0.771. The van der Waals surface area contributed by atoms with Gasteiger partial charge in [0.2, 0.25) is 0 Å². The van der Waals surface area contributed by atoms with Gasteiger partial charge in [-0.05, 0) is 91.2 Å². The van der Waals surface area contributed by atoms with Gasteiger partial charge in [-0.1, -0.05) is 0 Å². The fourth-order valence-electron chi connectivity index (χ4n) is 2.70. The lowest BCUT2D eigenvalue weighted by Crippen LogP contribution is -1.99. The van der Waals surface area contributed by atoms with Crippen LogP contribution in [0, 0.1) is 10.5 Å². The molecule has 0 saturated carbocycles. The molecule has 0 amide bonds. The molecule has 3 N–H and O–H groups in total. The summed E-state index contributed by atoms with van der Waals surface area (Å²) in [6.45, 7) is 2.93. The Morgan fingerprint density at radius 3 is 2.76 bits per heavy atom. The van der Waals surface area contributed by atoms with Crippen LogP contribution in [0.3, 0.4) is 0 Å². The zero-order chi connectivity index (χ0) is 14.8. The van der Waals surface area contributed by atoms with E-state index in [4.69, 9.17) is 5.73 Å². The highest BCUT2D eigenvalue weighted by Crippen LogP contribution is 2.35. The molecule has 3 rings (SSSR count). The van der Waals surface area contributed by atoms with E-state index in [1.54, 1.807) is 0 Å². The van der Waals surface area contributed by atoms with Crippen LogP contribution < -0.4 is 5.73 Å². The zero-order valence-electron chi connectivity index (χ0n) is 12.1. The summed E-state index contributed by atoms with van der Waals surface area (Å²) in [7, 11) is 0. The highest BCUT2D eigenvalue weighted by atomic mass is 127. The maximum atomic E-state index is 5.65. The van der Waals surface area contributed by atoms with E-state index < -0.39 is 0 Å². The van der Waals surface area contributed by atoms with Gasteiger partial charge >= 0.3 is 0 Å². The zero-order valence-corrected chi connectivity index (χ0v) is 15.1. The summed E-state index contributed by atoms with van der Waals surface area (Å²) in [5, 5.41) is 1.36. The van der Waals surface area contributed by atoms with Crippen LogP contribution in [0.2, 0.25) is 0 Å². The van der Waals surface area contributed by atoms with Crippen LogP contribution in [0.5, 0.6) is 0 Å². The highest BCUT2D eigenvalue weighted by Gasteiger charge is 2.14. The second kappa shape index (κ2) is 6.50. The topological polar surface area (TPSA) is 41.8 Å². The number of hydrogen-bond donors (Lipinski definition) is 2. The monoisotopic (exact) mass is 410 g/mol. The predicted molar refractivity (Wildman–Crippen MR) is 101 cm³/mol. The van der Waals surface area contributed by atoms with Crippen molar-refractivity contribution in [2.24, 2.45) is 5.73 Å². The number of fused-ring (bicyclic) bond motifs is 1. The van der Waals surface area contributed by atoms with E-state index in [9.17, 15) is 0 Å². The van der Waals surface area contributed by atoms with Gasteiger partial charge in [0.25, 0.3) is 0 Å². The molecule has 2 heterocycles. The number of benzene rings is 1. The Hall–Kier alpha value is -0.850. The van der Waals surface area contributed by atoms with E-state index in [0.717, 1.165) is 25.8 Å². The molecule has 1 aromatic carbocycles. The van der Waals surface area contributed by atoms with Gasteiger partial charge < -0.3 is 10.7 Å². The van der Waals surface area contributed by atoms with Crippen molar-refractivity contribution in [3.8, 4) is 10.6 Å². The van der Waals surface area contributed by atoms with Crippen molar-refractivity contribution in [2.75, 3.05) is 6.54 Å². The maximum Gasteiger partial charge on any atom is 0.0598 e. The summed E-state index contributed by atoms with van der Waals surface area (Å²) in [6.07, 6.45) is 3.31. The summed E-state index contributed by atoms with van der Waals surface area (Å²) in [6, 6.07) is 11.1. The minimum atomic E-state index is 0.771. The molecule has 0 aliphatic heterocycles. The van der Waals surface area contributed by atoms with Gasteiger partial charge in [0.1, 0.15) is 0 Å². The lowest BCUT2D eigenvalue weighted by Gasteiger charge is -2.03. The molecule has 0 saturated heterocycles. The van der Waals surface area contributed by atoms with E-state index in [-0.39, 0.29) is 0 Å². The summed E-state index contributed by atoms with van der Waals surface area (Å²) in [5.74, 6) is 0. The average Bonchev–Trinajstić information content (AvgIpc) is 3.03. The molecule has 0 atom stereocenters. The number of aromatic nitrogens is 1. The molecule has 21 heavy (non-hydrogen) atoms. The van der Waals surface area contributed by atoms with Crippen LogP contribution >= 0.6 is 33.9 Å². The lowest BCUT2D eigenvalue weighted by atomic mass is 10.0. The van der Waals surface area contributed by atoms with Crippen molar-refractivity contribution in [3.63, 3.8) is 0 Å². The number of rotatable bonds is 5. The number of aromatic amines is 1. The highest BCUT2D eigenvalue weighted by molar-refractivity contribution is 14.1. The van der Waals surface area contributed by atoms with Crippen LogP contribution in [0.15, 0.2) is 30.3 Å². The average molecular weight is 410 g/mol. The molecule has 110 valence electrons. The molecule has 0 radical (unpaired) electrons. The molecule has 0 aliphatic rings. The van der Waals surface area contributed by atoms with Crippen molar-refractivity contribution in [1.82, 2.24) is 4.98 Å². The van der Waals surface area contributed by atoms with Crippen molar-refractivity contribution in [1.29, 1.82) is 0 Å². The maximum absolute atomic E-state index is 5.65. The number of H-pyrrole nitrogens is 1. The molecular formula is C17H19IN2S.